The van der Waals surface area contributed by atoms with E-state index in [1.807, 2.05) is 24.3 Å². The maximum atomic E-state index is 12.6. The molecule has 0 N–H and O–H groups in total. The molecule has 3 rings (SSSR count). The number of aryl methyl sites for hydroxylation is 2. The number of aromatic nitrogens is 1. The van der Waals surface area contributed by atoms with E-state index in [0.29, 0.717) is 23.6 Å². The maximum Gasteiger partial charge on any atom is 0.311 e. The zero-order valence-electron chi connectivity index (χ0n) is 14.0. The number of para-hydroxylation sites is 1. The van der Waals surface area contributed by atoms with Gasteiger partial charge < -0.3 is 14.2 Å². The van der Waals surface area contributed by atoms with Crippen molar-refractivity contribution in [2.45, 2.75) is 39.7 Å². The van der Waals surface area contributed by atoms with Crippen molar-refractivity contribution in [3.05, 3.63) is 46.8 Å². The average Bonchev–Trinajstić information content (AvgIpc) is 3.12. The third kappa shape index (κ3) is 3.04. The van der Waals surface area contributed by atoms with Crippen LogP contribution in [0.25, 0.3) is 0 Å². The molecule has 0 fully saturated rings. The first-order chi connectivity index (χ1) is 11.5. The second-order valence-corrected chi connectivity index (χ2v) is 5.98. The molecule has 1 aliphatic heterocycles. The van der Waals surface area contributed by atoms with Crippen LogP contribution < -0.4 is 4.90 Å². The highest BCUT2D eigenvalue weighted by Gasteiger charge is 2.30. The number of carbonyl (C=O) groups excluding carboxylic acids is 2. The van der Waals surface area contributed by atoms with Gasteiger partial charge in [0.15, 0.2) is 6.10 Å². The second kappa shape index (κ2) is 6.47. The third-order valence-electron chi connectivity index (χ3n) is 4.31. The van der Waals surface area contributed by atoms with Crippen molar-refractivity contribution in [3.8, 4) is 0 Å². The molecule has 0 bridgehead atoms. The van der Waals surface area contributed by atoms with Gasteiger partial charge in [0.25, 0.3) is 5.91 Å². The first-order valence-corrected chi connectivity index (χ1v) is 7.98. The quantitative estimate of drug-likeness (QED) is 0.806. The van der Waals surface area contributed by atoms with E-state index in [-0.39, 0.29) is 12.3 Å². The number of hydrogen-bond donors (Lipinski definition) is 0. The molecule has 6 nitrogen and oxygen atoms in total. The van der Waals surface area contributed by atoms with E-state index in [1.54, 1.807) is 25.7 Å². The fourth-order valence-electron chi connectivity index (χ4n) is 2.97. The summed E-state index contributed by atoms with van der Waals surface area (Å²) in [5.41, 5.74) is 3.42. The predicted octanol–water partition coefficient (Wildman–Crippen LogP) is 2.35. The first kappa shape index (κ1) is 16.2. The zero-order valence-corrected chi connectivity index (χ0v) is 14.0. The Bertz CT molecular complexity index is 762. The molecule has 126 valence electrons. The van der Waals surface area contributed by atoms with E-state index in [1.165, 1.54) is 0 Å². The van der Waals surface area contributed by atoms with Gasteiger partial charge >= 0.3 is 5.97 Å². The SMILES string of the molecule is Cc1noc(C)c1CC(=O)O[C@@H](C)C(=O)N1CCc2ccccc21. The first-order valence-electron chi connectivity index (χ1n) is 7.98. The molecule has 0 saturated carbocycles. The van der Waals surface area contributed by atoms with E-state index in [9.17, 15) is 9.59 Å². The number of rotatable bonds is 4. The van der Waals surface area contributed by atoms with Crippen molar-refractivity contribution < 1.29 is 18.8 Å². The summed E-state index contributed by atoms with van der Waals surface area (Å²) in [5, 5.41) is 3.81. The molecule has 1 aromatic heterocycles. The fraction of sp³-hybridized carbons (Fsp3) is 0.389. The largest absolute Gasteiger partial charge is 0.452 e. The molecule has 2 heterocycles. The van der Waals surface area contributed by atoms with Gasteiger partial charge in [-0.05, 0) is 38.8 Å². The number of anilines is 1. The van der Waals surface area contributed by atoms with E-state index in [0.717, 1.165) is 17.7 Å². The molecule has 0 unspecified atom stereocenters. The lowest BCUT2D eigenvalue weighted by Crippen LogP contribution is -2.39. The lowest BCUT2D eigenvalue weighted by Gasteiger charge is -2.21. The minimum absolute atomic E-state index is 0.0510. The Morgan fingerprint density at radius 1 is 1.33 bits per heavy atom. The van der Waals surface area contributed by atoms with E-state index in [4.69, 9.17) is 9.26 Å². The average molecular weight is 328 g/mol. The number of hydrogen-bond acceptors (Lipinski definition) is 5. The van der Waals surface area contributed by atoms with Gasteiger partial charge in [-0.25, -0.2) is 0 Å². The Balaban J connectivity index is 1.64. The fourth-order valence-corrected chi connectivity index (χ4v) is 2.97. The topological polar surface area (TPSA) is 72.6 Å². The van der Waals surface area contributed by atoms with Crippen LogP contribution in [0, 0.1) is 13.8 Å². The number of benzene rings is 1. The Hall–Kier alpha value is -2.63. The van der Waals surface area contributed by atoms with Crippen LogP contribution in [0.4, 0.5) is 5.69 Å². The number of esters is 1. The van der Waals surface area contributed by atoms with Gasteiger partial charge in [0.1, 0.15) is 5.76 Å². The Kier molecular flexibility index (Phi) is 4.38. The van der Waals surface area contributed by atoms with Gasteiger partial charge in [-0.1, -0.05) is 23.4 Å². The Morgan fingerprint density at radius 3 is 2.79 bits per heavy atom. The van der Waals surface area contributed by atoms with Crippen molar-refractivity contribution in [3.63, 3.8) is 0 Å². The molecule has 2 aromatic rings. The van der Waals surface area contributed by atoms with Crippen molar-refractivity contribution >= 4 is 17.6 Å². The minimum atomic E-state index is -0.830. The highest BCUT2D eigenvalue weighted by Crippen LogP contribution is 2.28. The van der Waals surface area contributed by atoms with Crippen LogP contribution in [0.5, 0.6) is 0 Å². The molecule has 0 radical (unpaired) electrons. The third-order valence-corrected chi connectivity index (χ3v) is 4.31. The molecule has 24 heavy (non-hydrogen) atoms. The molecule has 0 spiro atoms. The summed E-state index contributed by atoms with van der Waals surface area (Å²) in [6.07, 6.45) is 0.0425. The summed E-state index contributed by atoms with van der Waals surface area (Å²) >= 11 is 0. The number of carbonyl (C=O) groups is 2. The van der Waals surface area contributed by atoms with Crippen LogP contribution >= 0.6 is 0 Å². The summed E-state index contributed by atoms with van der Waals surface area (Å²) in [6, 6.07) is 7.79. The van der Waals surface area contributed by atoms with Crippen molar-refractivity contribution in [2.75, 3.05) is 11.4 Å². The predicted molar refractivity (Wildman–Crippen MR) is 87.7 cm³/mol. The highest BCUT2D eigenvalue weighted by molar-refractivity contribution is 5.99. The number of fused-ring (bicyclic) bond motifs is 1. The summed E-state index contributed by atoms with van der Waals surface area (Å²) in [6.45, 7) is 5.74. The summed E-state index contributed by atoms with van der Waals surface area (Å²) in [5.74, 6) is -0.0679. The standard InChI is InChI=1S/C18H20N2O4/c1-11-15(12(2)24-19-11)10-17(21)23-13(3)18(22)20-9-8-14-6-4-5-7-16(14)20/h4-7,13H,8-10H2,1-3H3/t13-/m0/s1. The zero-order chi connectivity index (χ0) is 17.3. The normalized spacial score (nSPS) is 14.4. The molecule has 1 aliphatic rings. The molecule has 1 atom stereocenters. The van der Waals surface area contributed by atoms with Gasteiger partial charge in [-0.2, -0.15) is 0 Å². The lowest BCUT2D eigenvalue weighted by molar-refractivity contribution is -0.153. The van der Waals surface area contributed by atoms with Crippen LogP contribution in [0.1, 0.15) is 29.5 Å². The lowest BCUT2D eigenvalue weighted by atomic mass is 10.1. The van der Waals surface area contributed by atoms with Crippen LogP contribution in [-0.2, 0) is 27.2 Å². The van der Waals surface area contributed by atoms with Crippen LogP contribution in [-0.4, -0.2) is 29.7 Å². The maximum absolute atomic E-state index is 12.6. The van der Waals surface area contributed by atoms with Crippen LogP contribution in [0.2, 0.25) is 0 Å². The summed E-state index contributed by atoms with van der Waals surface area (Å²) < 4.78 is 10.4. The van der Waals surface area contributed by atoms with Gasteiger partial charge in [0, 0.05) is 17.8 Å². The second-order valence-electron chi connectivity index (χ2n) is 5.98. The van der Waals surface area contributed by atoms with E-state index in [2.05, 4.69) is 5.16 Å². The Labute approximate surface area is 140 Å². The van der Waals surface area contributed by atoms with Crippen molar-refractivity contribution in [2.24, 2.45) is 0 Å². The van der Waals surface area contributed by atoms with Gasteiger partial charge in [0.2, 0.25) is 0 Å². The number of ether oxygens (including phenoxy) is 1. The van der Waals surface area contributed by atoms with Crippen molar-refractivity contribution in [1.29, 1.82) is 0 Å². The van der Waals surface area contributed by atoms with Gasteiger partial charge in [0.05, 0.1) is 12.1 Å². The van der Waals surface area contributed by atoms with Gasteiger partial charge in [-0.3, -0.25) is 9.59 Å². The summed E-state index contributed by atoms with van der Waals surface area (Å²) in [4.78, 5) is 26.4. The van der Waals surface area contributed by atoms with Crippen LogP contribution in [0.15, 0.2) is 28.8 Å². The number of amides is 1. The van der Waals surface area contributed by atoms with Gasteiger partial charge in [-0.15, -0.1) is 0 Å². The molecular formula is C18H20N2O4. The van der Waals surface area contributed by atoms with E-state index < -0.39 is 12.1 Å². The molecule has 1 aromatic carbocycles. The van der Waals surface area contributed by atoms with E-state index >= 15 is 0 Å². The summed E-state index contributed by atoms with van der Waals surface area (Å²) in [7, 11) is 0. The van der Waals surface area contributed by atoms with Crippen LogP contribution in [0.3, 0.4) is 0 Å². The monoisotopic (exact) mass is 328 g/mol. The Morgan fingerprint density at radius 2 is 2.08 bits per heavy atom. The molecule has 6 heteroatoms. The molecule has 0 saturated heterocycles. The number of nitrogens with zero attached hydrogens (tertiary/aromatic N) is 2. The van der Waals surface area contributed by atoms with Crippen molar-refractivity contribution in [1.82, 2.24) is 5.16 Å². The molecule has 1 amide bonds. The molecular weight excluding hydrogens is 308 g/mol. The highest BCUT2D eigenvalue weighted by atomic mass is 16.5. The smallest absolute Gasteiger partial charge is 0.311 e. The minimum Gasteiger partial charge on any atom is -0.452 e. The molecule has 0 aliphatic carbocycles.